The van der Waals surface area contributed by atoms with Crippen molar-refractivity contribution < 1.29 is 9.53 Å². The topological polar surface area (TPSA) is 64.3 Å². The largest absolute Gasteiger partial charge is 0.490 e. The molecule has 1 amide bonds. The van der Waals surface area contributed by atoms with Crippen LogP contribution in [0.4, 0.5) is 5.69 Å². The van der Waals surface area contributed by atoms with E-state index in [1.807, 2.05) is 32.9 Å². The van der Waals surface area contributed by atoms with E-state index in [1.54, 1.807) is 12.1 Å². The molecule has 4 nitrogen and oxygen atoms in total. The minimum Gasteiger partial charge on any atom is -0.490 e. The van der Waals surface area contributed by atoms with Crippen molar-refractivity contribution in [1.29, 1.82) is 0 Å². The van der Waals surface area contributed by atoms with Crippen molar-refractivity contribution in [2.75, 3.05) is 18.9 Å². The molecule has 0 heterocycles. The summed E-state index contributed by atoms with van der Waals surface area (Å²) in [5, 5.41) is 2.81. The van der Waals surface area contributed by atoms with Gasteiger partial charge in [0.15, 0.2) is 0 Å². The van der Waals surface area contributed by atoms with Gasteiger partial charge in [-0.25, -0.2) is 0 Å². The number of nitrogen functional groups attached to an aromatic ring is 1. The van der Waals surface area contributed by atoms with E-state index in [-0.39, 0.29) is 11.3 Å². The molecule has 4 heteroatoms. The number of amides is 1. The summed E-state index contributed by atoms with van der Waals surface area (Å²) in [6.45, 7) is 6.51. The first-order valence-corrected chi connectivity index (χ1v) is 5.67. The molecular weight excluding hydrogens is 216 g/mol. The molecule has 1 aromatic carbocycles. The molecule has 94 valence electrons. The van der Waals surface area contributed by atoms with Gasteiger partial charge in [0.25, 0.3) is 0 Å². The number of ether oxygens (including phenoxy) is 1. The summed E-state index contributed by atoms with van der Waals surface area (Å²) < 4.78 is 5.46. The number of carbonyl (C=O) groups excluding carboxylic acids is 1. The summed E-state index contributed by atoms with van der Waals surface area (Å²) in [5.74, 6) is 0.666. The predicted molar refractivity (Wildman–Crippen MR) is 68.8 cm³/mol. The Balaban J connectivity index is 2.30. The summed E-state index contributed by atoms with van der Waals surface area (Å²) in [5.41, 5.74) is 5.96. The van der Waals surface area contributed by atoms with Crippen LogP contribution >= 0.6 is 0 Å². The fourth-order valence-electron chi connectivity index (χ4n) is 1.20. The Hall–Kier alpha value is -1.71. The van der Waals surface area contributed by atoms with Crippen LogP contribution in [0.5, 0.6) is 5.75 Å². The second kappa shape index (κ2) is 5.57. The zero-order chi connectivity index (χ0) is 12.9. The Morgan fingerprint density at radius 1 is 1.35 bits per heavy atom. The minimum absolute atomic E-state index is 0.0159. The van der Waals surface area contributed by atoms with Crippen molar-refractivity contribution >= 4 is 11.6 Å². The van der Waals surface area contributed by atoms with Crippen LogP contribution in [-0.4, -0.2) is 19.1 Å². The molecule has 17 heavy (non-hydrogen) atoms. The highest BCUT2D eigenvalue weighted by Crippen LogP contribution is 2.19. The van der Waals surface area contributed by atoms with Crippen molar-refractivity contribution in [2.45, 2.75) is 20.8 Å². The van der Waals surface area contributed by atoms with Crippen molar-refractivity contribution in [1.82, 2.24) is 5.32 Å². The number of hydrogen-bond donors (Lipinski definition) is 2. The van der Waals surface area contributed by atoms with E-state index in [2.05, 4.69) is 5.32 Å². The fraction of sp³-hybridized carbons (Fsp3) is 0.462. The molecule has 0 saturated carbocycles. The summed E-state index contributed by atoms with van der Waals surface area (Å²) in [7, 11) is 0. The van der Waals surface area contributed by atoms with Gasteiger partial charge in [-0.1, -0.05) is 32.9 Å². The van der Waals surface area contributed by atoms with Crippen molar-refractivity contribution in [2.24, 2.45) is 5.41 Å². The van der Waals surface area contributed by atoms with Crippen molar-refractivity contribution in [3.05, 3.63) is 24.3 Å². The predicted octanol–water partition coefficient (Wildman–Crippen LogP) is 1.81. The Morgan fingerprint density at radius 2 is 2.00 bits per heavy atom. The van der Waals surface area contributed by atoms with Crippen LogP contribution in [0, 0.1) is 5.41 Å². The van der Waals surface area contributed by atoms with E-state index in [9.17, 15) is 4.79 Å². The zero-order valence-electron chi connectivity index (χ0n) is 10.6. The van der Waals surface area contributed by atoms with Gasteiger partial charge in [0.2, 0.25) is 5.91 Å². The number of anilines is 1. The van der Waals surface area contributed by atoms with E-state index in [0.717, 1.165) is 0 Å². The monoisotopic (exact) mass is 236 g/mol. The van der Waals surface area contributed by atoms with Crippen LogP contribution in [0.2, 0.25) is 0 Å². The molecule has 0 spiro atoms. The summed E-state index contributed by atoms with van der Waals surface area (Å²) in [6.07, 6.45) is 0. The maximum Gasteiger partial charge on any atom is 0.225 e. The normalized spacial score (nSPS) is 11.0. The average Bonchev–Trinajstić information content (AvgIpc) is 2.25. The second-order valence-corrected chi connectivity index (χ2v) is 4.89. The highest BCUT2D eigenvalue weighted by molar-refractivity contribution is 5.81. The first kappa shape index (κ1) is 13.4. The quantitative estimate of drug-likeness (QED) is 0.619. The van der Waals surface area contributed by atoms with Crippen molar-refractivity contribution in [3.63, 3.8) is 0 Å². The van der Waals surface area contributed by atoms with Crippen LogP contribution in [-0.2, 0) is 4.79 Å². The van der Waals surface area contributed by atoms with Gasteiger partial charge in [0.1, 0.15) is 12.4 Å². The molecule has 0 unspecified atom stereocenters. The number of nitrogens with two attached hydrogens (primary N) is 1. The summed E-state index contributed by atoms with van der Waals surface area (Å²) in [4.78, 5) is 11.6. The standard InChI is InChI=1S/C13H20N2O2/c1-13(2,3)12(16)15-8-9-17-11-7-5-4-6-10(11)14/h4-7H,8-9,14H2,1-3H3,(H,15,16). The second-order valence-electron chi connectivity index (χ2n) is 4.89. The van der Waals surface area contributed by atoms with Gasteiger partial charge in [-0.15, -0.1) is 0 Å². The van der Waals surface area contributed by atoms with E-state index >= 15 is 0 Å². The Bertz CT molecular complexity index is 383. The highest BCUT2D eigenvalue weighted by atomic mass is 16.5. The lowest BCUT2D eigenvalue weighted by molar-refractivity contribution is -0.128. The number of rotatable bonds is 4. The van der Waals surface area contributed by atoms with Crippen LogP contribution in [0.25, 0.3) is 0 Å². The Kier molecular flexibility index (Phi) is 4.37. The molecule has 0 aromatic heterocycles. The summed E-state index contributed by atoms with van der Waals surface area (Å²) in [6, 6.07) is 7.30. The Labute approximate surface area is 102 Å². The lowest BCUT2D eigenvalue weighted by Gasteiger charge is -2.17. The van der Waals surface area contributed by atoms with Gasteiger partial charge in [-0.3, -0.25) is 4.79 Å². The third-order valence-electron chi connectivity index (χ3n) is 2.25. The lowest BCUT2D eigenvalue weighted by atomic mass is 9.96. The number of benzene rings is 1. The smallest absolute Gasteiger partial charge is 0.225 e. The molecule has 0 aliphatic carbocycles. The van der Waals surface area contributed by atoms with Gasteiger partial charge in [0, 0.05) is 5.41 Å². The van der Waals surface area contributed by atoms with Gasteiger partial charge >= 0.3 is 0 Å². The maximum absolute atomic E-state index is 11.6. The van der Waals surface area contributed by atoms with Crippen LogP contribution < -0.4 is 15.8 Å². The van der Waals surface area contributed by atoms with Crippen LogP contribution in [0.1, 0.15) is 20.8 Å². The van der Waals surface area contributed by atoms with Gasteiger partial charge in [0.05, 0.1) is 12.2 Å². The van der Waals surface area contributed by atoms with Crippen LogP contribution in [0.3, 0.4) is 0 Å². The Morgan fingerprint density at radius 3 is 2.59 bits per heavy atom. The SMILES string of the molecule is CC(C)(C)C(=O)NCCOc1ccccc1N. The molecule has 0 aliphatic heterocycles. The molecule has 0 fully saturated rings. The number of para-hydroxylation sites is 2. The molecule has 0 aliphatic rings. The number of carbonyl (C=O) groups is 1. The van der Waals surface area contributed by atoms with E-state index < -0.39 is 0 Å². The van der Waals surface area contributed by atoms with E-state index in [0.29, 0.717) is 24.6 Å². The highest BCUT2D eigenvalue weighted by Gasteiger charge is 2.20. The molecular formula is C13H20N2O2. The van der Waals surface area contributed by atoms with E-state index in [1.165, 1.54) is 0 Å². The minimum atomic E-state index is -0.369. The van der Waals surface area contributed by atoms with Gasteiger partial charge in [-0.05, 0) is 12.1 Å². The summed E-state index contributed by atoms with van der Waals surface area (Å²) >= 11 is 0. The molecule has 0 radical (unpaired) electrons. The zero-order valence-corrected chi connectivity index (χ0v) is 10.6. The van der Waals surface area contributed by atoms with E-state index in [4.69, 9.17) is 10.5 Å². The molecule has 0 atom stereocenters. The van der Waals surface area contributed by atoms with Crippen molar-refractivity contribution in [3.8, 4) is 5.75 Å². The van der Waals surface area contributed by atoms with Gasteiger partial charge in [-0.2, -0.15) is 0 Å². The third kappa shape index (κ3) is 4.34. The average molecular weight is 236 g/mol. The maximum atomic E-state index is 11.6. The first-order valence-electron chi connectivity index (χ1n) is 5.67. The molecule has 0 saturated heterocycles. The molecule has 1 aromatic rings. The molecule has 3 N–H and O–H groups in total. The van der Waals surface area contributed by atoms with Crippen LogP contribution in [0.15, 0.2) is 24.3 Å². The fourth-order valence-corrected chi connectivity index (χ4v) is 1.20. The lowest BCUT2D eigenvalue weighted by Crippen LogP contribution is -2.37. The molecule has 1 rings (SSSR count). The first-order chi connectivity index (χ1) is 7.91. The third-order valence-corrected chi connectivity index (χ3v) is 2.25. The number of hydrogen-bond acceptors (Lipinski definition) is 3. The van der Waals surface area contributed by atoms with Gasteiger partial charge < -0.3 is 15.8 Å². The molecule has 0 bridgehead atoms. The number of nitrogens with one attached hydrogen (secondary N) is 1.